The SMILES string of the molecule is CN(C)C(C)(C)C(O)ON. The van der Waals surface area contributed by atoms with Gasteiger partial charge >= 0.3 is 0 Å². The van der Waals surface area contributed by atoms with Crippen LogP contribution in [0.5, 0.6) is 0 Å². The van der Waals surface area contributed by atoms with E-state index in [1.54, 1.807) is 0 Å². The van der Waals surface area contributed by atoms with Gasteiger partial charge in [0, 0.05) is 0 Å². The highest BCUT2D eigenvalue weighted by Gasteiger charge is 2.30. The molecule has 10 heavy (non-hydrogen) atoms. The molecule has 0 aliphatic heterocycles. The van der Waals surface area contributed by atoms with Crippen LogP contribution in [0.2, 0.25) is 0 Å². The van der Waals surface area contributed by atoms with Crippen LogP contribution in [0.4, 0.5) is 0 Å². The molecule has 0 spiro atoms. The standard InChI is InChI=1S/C6H16N2O2/c1-6(2,8(3)4)5(9)10-7/h5,9H,7H2,1-4H3. The van der Waals surface area contributed by atoms with Gasteiger partial charge in [0.15, 0.2) is 6.29 Å². The van der Waals surface area contributed by atoms with Crippen LogP contribution in [0.1, 0.15) is 13.8 Å². The van der Waals surface area contributed by atoms with E-state index in [9.17, 15) is 0 Å². The van der Waals surface area contributed by atoms with Crippen LogP contribution in [-0.4, -0.2) is 35.9 Å². The predicted octanol–water partition coefficient (Wildman–Crippen LogP) is -0.465. The number of nitrogens with zero attached hydrogens (tertiary/aromatic N) is 1. The molecule has 0 bridgehead atoms. The Labute approximate surface area is 61.5 Å². The summed E-state index contributed by atoms with van der Waals surface area (Å²) in [5, 5.41) is 9.17. The molecule has 0 rings (SSSR count). The van der Waals surface area contributed by atoms with E-state index in [1.807, 2.05) is 32.8 Å². The van der Waals surface area contributed by atoms with E-state index in [4.69, 9.17) is 11.0 Å². The van der Waals surface area contributed by atoms with Gasteiger partial charge in [-0.1, -0.05) is 0 Å². The average Bonchev–Trinajstić information content (AvgIpc) is 1.86. The minimum atomic E-state index is -0.956. The van der Waals surface area contributed by atoms with E-state index in [0.29, 0.717) is 0 Å². The number of hydrogen-bond acceptors (Lipinski definition) is 4. The number of rotatable bonds is 3. The number of aliphatic hydroxyl groups is 1. The molecule has 0 aliphatic carbocycles. The Kier molecular flexibility index (Phi) is 3.24. The van der Waals surface area contributed by atoms with Gasteiger partial charge < -0.3 is 5.11 Å². The smallest absolute Gasteiger partial charge is 0.192 e. The lowest BCUT2D eigenvalue weighted by molar-refractivity contribution is -0.170. The van der Waals surface area contributed by atoms with E-state index in [0.717, 1.165) is 0 Å². The minimum Gasteiger partial charge on any atom is -0.365 e. The fraction of sp³-hybridized carbons (Fsp3) is 1.00. The van der Waals surface area contributed by atoms with Gasteiger partial charge in [-0.05, 0) is 27.9 Å². The molecule has 4 heteroatoms. The van der Waals surface area contributed by atoms with E-state index in [-0.39, 0.29) is 0 Å². The molecule has 0 aromatic carbocycles. The maximum absolute atomic E-state index is 9.17. The monoisotopic (exact) mass is 148 g/mol. The molecule has 0 saturated heterocycles. The van der Waals surface area contributed by atoms with Gasteiger partial charge in [-0.15, -0.1) is 0 Å². The van der Waals surface area contributed by atoms with Crippen molar-refractivity contribution in [2.75, 3.05) is 14.1 Å². The highest BCUT2D eigenvalue weighted by molar-refractivity contribution is 4.79. The molecular formula is C6H16N2O2. The van der Waals surface area contributed by atoms with Crippen LogP contribution < -0.4 is 5.90 Å². The molecule has 1 atom stereocenters. The van der Waals surface area contributed by atoms with Gasteiger partial charge in [0.05, 0.1) is 5.54 Å². The highest BCUT2D eigenvalue weighted by Crippen LogP contribution is 2.14. The van der Waals surface area contributed by atoms with E-state index >= 15 is 0 Å². The third-order valence-electron chi connectivity index (χ3n) is 1.89. The Balaban J connectivity index is 4.09. The Morgan fingerprint density at radius 3 is 2.00 bits per heavy atom. The zero-order chi connectivity index (χ0) is 8.36. The maximum atomic E-state index is 9.17. The van der Waals surface area contributed by atoms with Crippen molar-refractivity contribution in [1.82, 2.24) is 4.90 Å². The summed E-state index contributed by atoms with van der Waals surface area (Å²) in [6, 6.07) is 0. The fourth-order valence-electron chi connectivity index (χ4n) is 0.387. The van der Waals surface area contributed by atoms with Crippen LogP contribution >= 0.6 is 0 Å². The lowest BCUT2D eigenvalue weighted by Crippen LogP contribution is -2.50. The van der Waals surface area contributed by atoms with Crippen molar-refractivity contribution < 1.29 is 9.94 Å². The van der Waals surface area contributed by atoms with Crippen molar-refractivity contribution >= 4 is 0 Å². The summed E-state index contributed by atoms with van der Waals surface area (Å²) < 4.78 is 0. The van der Waals surface area contributed by atoms with Crippen LogP contribution in [0.3, 0.4) is 0 Å². The number of aliphatic hydroxyl groups excluding tert-OH is 1. The number of nitrogens with two attached hydrogens (primary N) is 1. The molecule has 0 radical (unpaired) electrons. The largest absolute Gasteiger partial charge is 0.365 e. The van der Waals surface area contributed by atoms with Crippen molar-refractivity contribution in [1.29, 1.82) is 0 Å². The maximum Gasteiger partial charge on any atom is 0.192 e. The second-order valence-corrected chi connectivity index (χ2v) is 3.04. The second kappa shape index (κ2) is 3.30. The van der Waals surface area contributed by atoms with Gasteiger partial charge in [0.2, 0.25) is 0 Å². The van der Waals surface area contributed by atoms with Gasteiger partial charge in [-0.2, -0.15) is 0 Å². The molecule has 0 saturated carbocycles. The van der Waals surface area contributed by atoms with E-state index in [1.165, 1.54) is 0 Å². The number of likely N-dealkylation sites (N-methyl/N-ethyl adjacent to an activating group) is 1. The lowest BCUT2D eigenvalue weighted by Gasteiger charge is -2.35. The normalized spacial score (nSPS) is 15.9. The third kappa shape index (κ3) is 1.91. The van der Waals surface area contributed by atoms with Crippen molar-refractivity contribution in [3.8, 4) is 0 Å². The Hall–Kier alpha value is -0.160. The first kappa shape index (κ1) is 9.84. The highest BCUT2D eigenvalue weighted by atomic mass is 16.7. The molecule has 1 unspecified atom stereocenters. The first-order valence-corrected chi connectivity index (χ1v) is 3.14. The van der Waals surface area contributed by atoms with Gasteiger partial charge in [0.1, 0.15) is 0 Å². The molecule has 3 N–H and O–H groups in total. The quantitative estimate of drug-likeness (QED) is 0.420. The zero-order valence-corrected chi connectivity index (χ0v) is 6.96. The van der Waals surface area contributed by atoms with Crippen molar-refractivity contribution in [2.24, 2.45) is 5.90 Å². The Morgan fingerprint density at radius 2 is 1.90 bits per heavy atom. The zero-order valence-electron chi connectivity index (χ0n) is 6.96. The molecule has 0 aliphatic rings. The molecule has 0 fully saturated rings. The summed E-state index contributed by atoms with van der Waals surface area (Å²) in [7, 11) is 3.70. The van der Waals surface area contributed by atoms with Gasteiger partial charge in [0.25, 0.3) is 0 Å². The summed E-state index contributed by atoms with van der Waals surface area (Å²) >= 11 is 0. The van der Waals surface area contributed by atoms with E-state index < -0.39 is 11.8 Å². The first-order chi connectivity index (χ1) is 4.42. The summed E-state index contributed by atoms with van der Waals surface area (Å²) in [4.78, 5) is 6.13. The van der Waals surface area contributed by atoms with E-state index in [2.05, 4.69) is 4.84 Å². The molecule has 62 valence electrons. The lowest BCUT2D eigenvalue weighted by atomic mass is 10.0. The summed E-state index contributed by atoms with van der Waals surface area (Å²) in [5.74, 6) is 4.82. The van der Waals surface area contributed by atoms with Crippen molar-refractivity contribution in [3.05, 3.63) is 0 Å². The molecule has 4 nitrogen and oxygen atoms in total. The van der Waals surface area contributed by atoms with Crippen molar-refractivity contribution in [3.63, 3.8) is 0 Å². The Morgan fingerprint density at radius 1 is 1.50 bits per heavy atom. The second-order valence-electron chi connectivity index (χ2n) is 3.04. The Bertz CT molecular complexity index is 104. The first-order valence-electron chi connectivity index (χ1n) is 3.14. The summed E-state index contributed by atoms with van der Waals surface area (Å²) in [5.41, 5.74) is -0.450. The molecular weight excluding hydrogens is 132 g/mol. The molecule has 0 amide bonds. The van der Waals surface area contributed by atoms with Crippen LogP contribution in [0.25, 0.3) is 0 Å². The van der Waals surface area contributed by atoms with Crippen LogP contribution in [-0.2, 0) is 4.84 Å². The summed E-state index contributed by atoms with van der Waals surface area (Å²) in [6.07, 6.45) is -0.956. The minimum absolute atomic E-state index is 0.450. The van der Waals surface area contributed by atoms with Gasteiger partial charge in [-0.3, -0.25) is 9.74 Å². The molecule has 0 heterocycles. The van der Waals surface area contributed by atoms with Crippen LogP contribution in [0, 0.1) is 0 Å². The third-order valence-corrected chi connectivity index (χ3v) is 1.89. The number of hydrogen-bond donors (Lipinski definition) is 2. The average molecular weight is 148 g/mol. The van der Waals surface area contributed by atoms with Crippen molar-refractivity contribution in [2.45, 2.75) is 25.7 Å². The molecule has 0 aromatic rings. The summed E-state index contributed by atoms with van der Waals surface area (Å²) in [6.45, 7) is 3.68. The topological polar surface area (TPSA) is 58.7 Å². The van der Waals surface area contributed by atoms with Crippen LogP contribution in [0.15, 0.2) is 0 Å². The predicted molar refractivity (Wildman–Crippen MR) is 39.0 cm³/mol. The fourth-order valence-corrected chi connectivity index (χ4v) is 0.387. The van der Waals surface area contributed by atoms with Gasteiger partial charge in [-0.25, -0.2) is 5.90 Å². The molecule has 0 aromatic heterocycles.